The van der Waals surface area contributed by atoms with Gasteiger partial charge in [-0.15, -0.1) is 0 Å². The van der Waals surface area contributed by atoms with Crippen LogP contribution >= 0.6 is 0 Å². The Morgan fingerprint density at radius 1 is 1.50 bits per heavy atom. The molecule has 0 aromatic carbocycles. The van der Waals surface area contributed by atoms with Crippen LogP contribution in [0, 0.1) is 6.92 Å². The predicted octanol–water partition coefficient (Wildman–Crippen LogP) is -0.152. The van der Waals surface area contributed by atoms with E-state index in [9.17, 15) is 9.59 Å². The number of hydrogen-bond donors (Lipinski definition) is 1. The van der Waals surface area contributed by atoms with Crippen LogP contribution in [-0.4, -0.2) is 34.8 Å². The predicted molar refractivity (Wildman–Crippen MR) is 57.4 cm³/mol. The highest BCUT2D eigenvalue weighted by molar-refractivity contribution is 5.92. The molecule has 1 N–H and O–H groups in total. The SMILES string of the molecule is Cc1cccnc1CN1CC(=O)NCC1=O. The lowest BCUT2D eigenvalue weighted by atomic mass is 10.2. The highest BCUT2D eigenvalue weighted by Gasteiger charge is 2.23. The summed E-state index contributed by atoms with van der Waals surface area (Å²) in [7, 11) is 0. The van der Waals surface area contributed by atoms with Gasteiger partial charge < -0.3 is 10.2 Å². The maximum absolute atomic E-state index is 11.5. The summed E-state index contributed by atoms with van der Waals surface area (Å²) in [6.45, 7) is 2.55. The molecule has 1 aromatic rings. The molecule has 1 saturated heterocycles. The van der Waals surface area contributed by atoms with E-state index in [1.54, 1.807) is 6.20 Å². The van der Waals surface area contributed by atoms with Crippen LogP contribution in [0.1, 0.15) is 11.3 Å². The number of hydrogen-bond acceptors (Lipinski definition) is 3. The minimum absolute atomic E-state index is 0.0651. The summed E-state index contributed by atoms with van der Waals surface area (Å²) in [6, 6.07) is 3.79. The van der Waals surface area contributed by atoms with Gasteiger partial charge in [0.25, 0.3) is 0 Å². The zero-order valence-corrected chi connectivity index (χ0v) is 9.06. The molecular formula is C11H13N3O2. The van der Waals surface area contributed by atoms with Gasteiger partial charge in [0, 0.05) is 6.20 Å². The summed E-state index contributed by atoms with van der Waals surface area (Å²) >= 11 is 0. The van der Waals surface area contributed by atoms with Crippen LogP contribution in [0.5, 0.6) is 0 Å². The summed E-state index contributed by atoms with van der Waals surface area (Å²) in [5.74, 6) is -0.183. The van der Waals surface area contributed by atoms with E-state index in [0.717, 1.165) is 11.3 Å². The number of piperazine rings is 1. The number of carbonyl (C=O) groups excluding carboxylic acids is 2. The topological polar surface area (TPSA) is 62.3 Å². The van der Waals surface area contributed by atoms with Crippen LogP contribution < -0.4 is 5.32 Å². The van der Waals surface area contributed by atoms with Gasteiger partial charge in [-0.2, -0.15) is 0 Å². The first kappa shape index (κ1) is 10.6. The van der Waals surface area contributed by atoms with E-state index in [-0.39, 0.29) is 24.9 Å². The monoisotopic (exact) mass is 219 g/mol. The molecule has 1 aromatic heterocycles. The number of nitrogens with zero attached hydrogens (tertiary/aromatic N) is 2. The van der Waals surface area contributed by atoms with Crippen molar-refractivity contribution >= 4 is 11.8 Å². The second-order valence-electron chi connectivity index (χ2n) is 3.79. The maximum Gasteiger partial charge on any atom is 0.242 e. The molecule has 2 rings (SSSR count). The molecule has 0 atom stereocenters. The molecule has 16 heavy (non-hydrogen) atoms. The Morgan fingerprint density at radius 3 is 3.06 bits per heavy atom. The normalized spacial score (nSPS) is 16.2. The minimum Gasteiger partial charge on any atom is -0.345 e. The lowest BCUT2D eigenvalue weighted by molar-refractivity contribution is -0.141. The third-order valence-electron chi connectivity index (χ3n) is 2.58. The van der Waals surface area contributed by atoms with Crippen LogP contribution in [0.2, 0.25) is 0 Å². The van der Waals surface area contributed by atoms with E-state index in [1.165, 1.54) is 4.90 Å². The largest absolute Gasteiger partial charge is 0.345 e. The Kier molecular flexibility index (Phi) is 2.85. The summed E-state index contributed by atoms with van der Waals surface area (Å²) in [4.78, 5) is 28.4. The van der Waals surface area contributed by atoms with Crippen molar-refractivity contribution in [2.24, 2.45) is 0 Å². The summed E-state index contributed by atoms with van der Waals surface area (Å²) in [5, 5.41) is 2.51. The standard InChI is InChI=1S/C11H13N3O2/c1-8-3-2-4-12-9(8)6-14-7-10(15)13-5-11(14)16/h2-4H,5-7H2,1H3,(H,13,15). The molecule has 1 fully saturated rings. The quantitative estimate of drug-likeness (QED) is 0.752. The molecule has 0 unspecified atom stereocenters. The molecule has 0 bridgehead atoms. The van der Waals surface area contributed by atoms with Crippen molar-refractivity contribution in [1.29, 1.82) is 0 Å². The van der Waals surface area contributed by atoms with Gasteiger partial charge in [-0.3, -0.25) is 14.6 Å². The fraction of sp³-hybridized carbons (Fsp3) is 0.364. The first-order chi connectivity index (χ1) is 7.66. The number of rotatable bonds is 2. The van der Waals surface area contributed by atoms with E-state index in [1.807, 2.05) is 19.1 Å². The van der Waals surface area contributed by atoms with E-state index in [4.69, 9.17) is 0 Å². The van der Waals surface area contributed by atoms with Crippen molar-refractivity contribution in [3.63, 3.8) is 0 Å². The summed E-state index contributed by atoms with van der Waals surface area (Å²) < 4.78 is 0. The van der Waals surface area contributed by atoms with E-state index >= 15 is 0 Å². The fourth-order valence-electron chi connectivity index (χ4n) is 1.61. The smallest absolute Gasteiger partial charge is 0.242 e. The molecule has 0 radical (unpaired) electrons. The van der Waals surface area contributed by atoms with Crippen molar-refractivity contribution in [3.05, 3.63) is 29.6 Å². The lowest BCUT2D eigenvalue weighted by Crippen LogP contribution is -2.51. The van der Waals surface area contributed by atoms with E-state index in [2.05, 4.69) is 10.3 Å². The van der Waals surface area contributed by atoms with Crippen LogP contribution in [0.25, 0.3) is 0 Å². The summed E-state index contributed by atoms with van der Waals surface area (Å²) in [6.07, 6.45) is 1.69. The Morgan fingerprint density at radius 2 is 2.31 bits per heavy atom. The molecule has 0 aliphatic carbocycles. The van der Waals surface area contributed by atoms with Crippen LogP contribution in [0.3, 0.4) is 0 Å². The van der Waals surface area contributed by atoms with Crippen LogP contribution in [-0.2, 0) is 16.1 Å². The fourth-order valence-corrected chi connectivity index (χ4v) is 1.61. The van der Waals surface area contributed by atoms with Crippen molar-refractivity contribution in [1.82, 2.24) is 15.2 Å². The molecule has 0 spiro atoms. The molecule has 2 amide bonds. The second kappa shape index (κ2) is 4.30. The number of nitrogens with one attached hydrogen (secondary N) is 1. The van der Waals surface area contributed by atoms with E-state index in [0.29, 0.717) is 6.54 Å². The third-order valence-corrected chi connectivity index (χ3v) is 2.58. The van der Waals surface area contributed by atoms with Gasteiger partial charge in [0.1, 0.15) is 0 Å². The highest BCUT2D eigenvalue weighted by atomic mass is 16.2. The van der Waals surface area contributed by atoms with Gasteiger partial charge in [0.05, 0.1) is 25.3 Å². The van der Waals surface area contributed by atoms with Crippen molar-refractivity contribution in [3.8, 4) is 0 Å². The molecule has 1 aliphatic heterocycles. The zero-order valence-electron chi connectivity index (χ0n) is 9.06. The number of amides is 2. The summed E-state index contributed by atoms with van der Waals surface area (Å²) in [5.41, 5.74) is 1.87. The van der Waals surface area contributed by atoms with Gasteiger partial charge in [-0.05, 0) is 18.6 Å². The molecule has 5 heteroatoms. The van der Waals surface area contributed by atoms with Crippen molar-refractivity contribution in [2.75, 3.05) is 13.1 Å². The molecule has 2 heterocycles. The average Bonchev–Trinajstić information content (AvgIpc) is 2.27. The first-order valence-electron chi connectivity index (χ1n) is 5.12. The van der Waals surface area contributed by atoms with Gasteiger partial charge in [-0.25, -0.2) is 0 Å². The number of aromatic nitrogens is 1. The van der Waals surface area contributed by atoms with Crippen LogP contribution in [0.15, 0.2) is 18.3 Å². The average molecular weight is 219 g/mol. The minimum atomic E-state index is -0.117. The van der Waals surface area contributed by atoms with Gasteiger partial charge in [0.2, 0.25) is 11.8 Å². The molecule has 0 saturated carbocycles. The lowest BCUT2D eigenvalue weighted by Gasteiger charge is -2.26. The van der Waals surface area contributed by atoms with E-state index < -0.39 is 0 Å². The van der Waals surface area contributed by atoms with Crippen LogP contribution in [0.4, 0.5) is 0 Å². The molecule has 1 aliphatic rings. The van der Waals surface area contributed by atoms with Gasteiger partial charge >= 0.3 is 0 Å². The maximum atomic E-state index is 11.5. The third kappa shape index (κ3) is 2.18. The Bertz CT molecular complexity index is 431. The first-order valence-corrected chi connectivity index (χ1v) is 5.12. The second-order valence-corrected chi connectivity index (χ2v) is 3.79. The Hall–Kier alpha value is -1.91. The Balaban J connectivity index is 2.12. The zero-order chi connectivity index (χ0) is 11.5. The number of aryl methyl sites for hydroxylation is 1. The number of pyridine rings is 1. The van der Waals surface area contributed by atoms with Crippen molar-refractivity contribution < 1.29 is 9.59 Å². The number of carbonyl (C=O) groups is 2. The molecule has 5 nitrogen and oxygen atoms in total. The Labute approximate surface area is 93.5 Å². The van der Waals surface area contributed by atoms with Gasteiger partial charge in [0.15, 0.2) is 0 Å². The molecular weight excluding hydrogens is 206 g/mol. The molecule has 84 valence electrons. The van der Waals surface area contributed by atoms with Gasteiger partial charge in [-0.1, -0.05) is 6.07 Å². The highest BCUT2D eigenvalue weighted by Crippen LogP contribution is 2.08. The van der Waals surface area contributed by atoms with Crippen molar-refractivity contribution in [2.45, 2.75) is 13.5 Å².